The summed E-state index contributed by atoms with van der Waals surface area (Å²) in [6.07, 6.45) is 1.71. The molecule has 28 heavy (non-hydrogen) atoms. The molecule has 0 aromatic heterocycles. The van der Waals surface area contributed by atoms with Crippen LogP contribution in [0.15, 0.2) is 78.6 Å². The van der Waals surface area contributed by atoms with Crippen molar-refractivity contribution < 1.29 is 9.59 Å². The van der Waals surface area contributed by atoms with Gasteiger partial charge in [-0.05, 0) is 83.7 Å². The molecule has 0 spiro atoms. The first kappa shape index (κ1) is 21.4. The van der Waals surface area contributed by atoms with Gasteiger partial charge in [-0.25, -0.2) is 0 Å². The maximum Gasteiger partial charge on any atom is 0.150 e. The number of carbonyl (C=O) groups excluding carboxylic acids is 2. The van der Waals surface area contributed by atoms with E-state index in [0.29, 0.717) is 11.1 Å². The number of carbonyl (C=O) groups is 2. The van der Waals surface area contributed by atoms with Crippen LogP contribution in [-0.2, 0) is 0 Å². The Labute approximate surface area is 195 Å². The predicted octanol–water partition coefficient (Wildman–Crippen LogP) is 8.35. The molecule has 0 bridgehead atoms. The first-order chi connectivity index (χ1) is 13.4. The highest BCUT2D eigenvalue weighted by Gasteiger charge is 2.03. The van der Waals surface area contributed by atoms with E-state index in [2.05, 4.69) is 63.7 Å². The Morgan fingerprint density at radius 2 is 1.14 bits per heavy atom. The highest BCUT2D eigenvalue weighted by atomic mass is 79.9. The molecule has 0 heterocycles. The topological polar surface area (TPSA) is 34.1 Å². The lowest BCUT2D eigenvalue weighted by molar-refractivity contribution is 0.111. The summed E-state index contributed by atoms with van der Waals surface area (Å²) in [6.45, 7) is 0. The highest BCUT2D eigenvalue weighted by molar-refractivity contribution is 9.13. The van der Waals surface area contributed by atoms with Crippen LogP contribution in [0.3, 0.4) is 0 Å². The van der Waals surface area contributed by atoms with Gasteiger partial charge in [0.25, 0.3) is 0 Å². The fraction of sp³-hybridized carbons (Fsp3) is 0. The minimum Gasteiger partial charge on any atom is -0.298 e. The molecule has 0 aliphatic rings. The summed E-state index contributed by atoms with van der Waals surface area (Å²) in [5, 5.41) is 4.32. The summed E-state index contributed by atoms with van der Waals surface area (Å²) in [4.78, 5) is 21.2. The van der Waals surface area contributed by atoms with Crippen LogP contribution in [0.25, 0.3) is 21.5 Å². The second-order valence-corrected chi connectivity index (χ2v) is 9.36. The molecule has 0 aliphatic carbocycles. The van der Waals surface area contributed by atoms with Gasteiger partial charge in [0.15, 0.2) is 0 Å². The van der Waals surface area contributed by atoms with Crippen molar-refractivity contribution in [2.24, 2.45) is 0 Å². The second-order valence-electron chi connectivity index (χ2n) is 5.95. The number of fused-ring (bicyclic) bond motifs is 2. The Morgan fingerprint density at radius 1 is 0.571 bits per heavy atom. The summed E-state index contributed by atoms with van der Waals surface area (Å²) in [5.41, 5.74) is 1.39. The van der Waals surface area contributed by atoms with E-state index in [0.717, 1.165) is 52.0 Å². The molecule has 0 fully saturated rings. The van der Waals surface area contributed by atoms with E-state index in [1.807, 2.05) is 60.7 Å². The lowest BCUT2D eigenvalue weighted by atomic mass is 10.1. The molecule has 4 aromatic carbocycles. The fourth-order valence-electron chi connectivity index (χ4n) is 2.72. The van der Waals surface area contributed by atoms with Gasteiger partial charge in [-0.15, -0.1) is 0 Å². The summed E-state index contributed by atoms with van der Waals surface area (Å²) in [7, 11) is 0. The van der Waals surface area contributed by atoms with Crippen molar-refractivity contribution in [2.75, 3.05) is 0 Å². The van der Waals surface area contributed by atoms with Crippen molar-refractivity contribution in [3.05, 3.63) is 89.7 Å². The Kier molecular flexibility index (Phi) is 7.20. The molecular weight excluding hydrogens is 616 g/mol. The largest absolute Gasteiger partial charge is 0.298 e. The number of hydrogen-bond acceptors (Lipinski definition) is 2. The van der Waals surface area contributed by atoms with Gasteiger partial charge in [-0.2, -0.15) is 0 Å². The van der Waals surface area contributed by atoms with Gasteiger partial charge in [-0.3, -0.25) is 9.59 Å². The Hall–Kier alpha value is -1.34. The van der Waals surface area contributed by atoms with E-state index in [1.165, 1.54) is 0 Å². The maximum atomic E-state index is 10.6. The molecule has 2 nitrogen and oxygen atoms in total. The Morgan fingerprint density at radius 3 is 1.79 bits per heavy atom. The predicted molar refractivity (Wildman–Crippen MR) is 129 cm³/mol. The summed E-state index contributed by atoms with van der Waals surface area (Å²) >= 11 is 13.8. The number of benzene rings is 4. The SMILES string of the molecule is O=Cc1ccc2cc(Br)cc(Br)c2c1.O=Cc1ccc2ccc(Br)c(Br)c2c1. The molecule has 0 aliphatic heterocycles. The normalized spacial score (nSPS) is 10.4. The molecule has 4 aromatic rings. The van der Waals surface area contributed by atoms with Gasteiger partial charge in [0.1, 0.15) is 12.6 Å². The van der Waals surface area contributed by atoms with Crippen molar-refractivity contribution >= 4 is 97.8 Å². The molecule has 0 saturated carbocycles. The van der Waals surface area contributed by atoms with Crippen molar-refractivity contribution in [1.29, 1.82) is 0 Å². The third-order valence-electron chi connectivity index (χ3n) is 4.10. The zero-order valence-corrected chi connectivity index (χ0v) is 20.6. The van der Waals surface area contributed by atoms with Gasteiger partial charge in [0.2, 0.25) is 0 Å². The first-order valence-corrected chi connectivity index (χ1v) is 11.3. The van der Waals surface area contributed by atoms with Gasteiger partial charge in [0, 0.05) is 29.0 Å². The van der Waals surface area contributed by atoms with Crippen molar-refractivity contribution in [2.45, 2.75) is 0 Å². The molecule has 0 amide bonds. The van der Waals surface area contributed by atoms with Crippen molar-refractivity contribution in [1.82, 2.24) is 0 Å². The van der Waals surface area contributed by atoms with E-state index < -0.39 is 0 Å². The quantitative estimate of drug-likeness (QED) is 0.209. The average Bonchev–Trinajstić information content (AvgIpc) is 2.71. The monoisotopic (exact) mass is 624 g/mol. The number of hydrogen-bond donors (Lipinski definition) is 0. The average molecular weight is 628 g/mol. The molecule has 4 rings (SSSR count). The minimum absolute atomic E-state index is 0.691. The maximum absolute atomic E-state index is 10.6. The molecular formula is C22H12Br4O2. The van der Waals surface area contributed by atoms with Crippen LogP contribution in [0.2, 0.25) is 0 Å². The van der Waals surface area contributed by atoms with Gasteiger partial charge in [0.05, 0.1) is 0 Å². The number of halogens is 4. The fourth-order valence-corrected chi connectivity index (χ4v) is 4.91. The lowest BCUT2D eigenvalue weighted by Crippen LogP contribution is -1.81. The summed E-state index contributed by atoms with van der Waals surface area (Å²) < 4.78 is 3.99. The van der Waals surface area contributed by atoms with Crippen molar-refractivity contribution in [3.8, 4) is 0 Å². The van der Waals surface area contributed by atoms with Crippen LogP contribution >= 0.6 is 63.7 Å². The molecule has 6 heteroatoms. The van der Waals surface area contributed by atoms with E-state index in [4.69, 9.17) is 0 Å². The van der Waals surface area contributed by atoms with E-state index in [1.54, 1.807) is 0 Å². The van der Waals surface area contributed by atoms with E-state index in [9.17, 15) is 9.59 Å². The first-order valence-electron chi connectivity index (χ1n) is 8.10. The Bertz CT molecular complexity index is 1200. The smallest absolute Gasteiger partial charge is 0.150 e. The zero-order chi connectivity index (χ0) is 20.3. The molecule has 0 unspecified atom stereocenters. The van der Waals surface area contributed by atoms with Gasteiger partial charge < -0.3 is 0 Å². The standard InChI is InChI=1S/2C11H6Br2O/c12-9-4-8-2-1-7(6-14)3-10(8)11(13)5-9;12-10-4-3-8-2-1-7(6-14)5-9(8)11(10)13/h2*1-6H. The van der Waals surface area contributed by atoms with Crippen LogP contribution in [-0.4, -0.2) is 12.6 Å². The molecule has 0 atom stereocenters. The molecule has 0 saturated heterocycles. The van der Waals surface area contributed by atoms with Crippen LogP contribution in [0.4, 0.5) is 0 Å². The van der Waals surface area contributed by atoms with Crippen LogP contribution in [0.5, 0.6) is 0 Å². The third-order valence-corrected chi connectivity index (χ3v) is 7.26. The molecule has 0 radical (unpaired) electrons. The van der Waals surface area contributed by atoms with Crippen LogP contribution < -0.4 is 0 Å². The van der Waals surface area contributed by atoms with Crippen LogP contribution in [0, 0.1) is 0 Å². The minimum atomic E-state index is 0.691. The number of rotatable bonds is 2. The number of aldehydes is 2. The molecule has 0 N–H and O–H groups in total. The van der Waals surface area contributed by atoms with E-state index in [-0.39, 0.29) is 0 Å². The lowest BCUT2D eigenvalue weighted by Gasteiger charge is -2.03. The highest BCUT2D eigenvalue weighted by Crippen LogP contribution is 2.32. The molecule has 140 valence electrons. The van der Waals surface area contributed by atoms with Crippen molar-refractivity contribution in [3.63, 3.8) is 0 Å². The van der Waals surface area contributed by atoms with Gasteiger partial charge in [-0.1, -0.05) is 62.2 Å². The second kappa shape index (κ2) is 9.44. The van der Waals surface area contributed by atoms with Crippen LogP contribution in [0.1, 0.15) is 20.7 Å². The van der Waals surface area contributed by atoms with Gasteiger partial charge >= 0.3 is 0 Å². The Balaban J connectivity index is 0.000000161. The third kappa shape index (κ3) is 4.79. The summed E-state index contributed by atoms with van der Waals surface area (Å²) in [6, 6.07) is 19.2. The van der Waals surface area contributed by atoms with E-state index >= 15 is 0 Å². The zero-order valence-electron chi connectivity index (χ0n) is 14.3. The summed E-state index contributed by atoms with van der Waals surface area (Å²) in [5.74, 6) is 0.